The third-order valence-corrected chi connectivity index (χ3v) is 24.5. The van der Waals surface area contributed by atoms with Crippen LogP contribution in [-0.2, 0) is 16.5 Å². The zero-order valence-electron chi connectivity index (χ0n) is 21.5. The van der Waals surface area contributed by atoms with Gasteiger partial charge in [0.15, 0.2) is 8.32 Å². The summed E-state index contributed by atoms with van der Waals surface area (Å²) >= 11 is 0. The van der Waals surface area contributed by atoms with E-state index in [0.29, 0.717) is 0 Å². The van der Waals surface area contributed by atoms with Gasteiger partial charge in [-0.25, -0.2) is 0 Å². The quantitative estimate of drug-likeness (QED) is 0.232. The van der Waals surface area contributed by atoms with Crippen LogP contribution in [0, 0.1) is 0 Å². The van der Waals surface area contributed by atoms with Crippen molar-refractivity contribution in [1.29, 1.82) is 0 Å². The lowest BCUT2D eigenvalue weighted by Gasteiger charge is -2.44. The zero-order valence-corrected chi connectivity index (χ0v) is 26.5. The highest BCUT2D eigenvalue weighted by Crippen LogP contribution is 2.28. The van der Waals surface area contributed by atoms with Crippen molar-refractivity contribution in [3.63, 3.8) is 0 Å². The summed E-state index contributed by atoms with van der Waals surface area (Å²) < 4.78 is 27.4. The zero-order chi connectivity index (χ0) is 25.0. The Bertz CT molecular complexity index is 897. The minimum atomic E-state index is -3.18. The molecule has 2 rings (SSSR count). The Kier molecular flexibility index (Phi) is 16.8. The molecular formula is C28H56O4Si5. The van der Waals surface area contributed by atoms with Crippen LogP contribution in [0.25, 0.3) is 0 Å². The van der Waals surface area contributed by atoms with Crippen LogP contribution in [0.3, 0.4) is 0 Å². The van der Waals surface area contributed by atoms with Gasteiger partial charge in [-0.3, -0.25) is 0 Å². The van der Waals surface area contributed by atoms with Crippen molar-refractivity contribution >= 4 is 52.7 Å². The van der Waals surface area contributed by atoms with Gasteiger partial charge in [0.25, 0.3) is 0 Å². The lowest BCUT2D eigenvalue weighted by Crippen LogP contribution is -2.68. The minimum absolute atomic E-state index is 0. The Morgan fingerprint density at radius 3 is 1.22 bits per heavy atom. The van der Waals surface area contributed by atoms with Gasteiger partial charge in [-0.05, 0) is 56.2 Å². The number of benzene rings is 2. The Morgan fingerprint density at radius 1 is 0.514 bits per heavy atom. The molecular weight excluding hydrogens is 541 g/mol. The molecule has 0 radical (unpaired) electrons. The van der Waals surface area contributed by atoms with Crippen molar-refractivity contribution < 1.29 is 16.5 Å². The van der Waals surface area contributed by atoms with Gasteiger partial charge in [-0.1, -0.05) is 102 Å². The van der Waals surface area contributed by atoms with Crippen LogP contribution < -0.4 is 10.4 Å². The lowest BCUT2D eigenvalue weighted by molar-refractivity contribution is 0.239. The molecule has 2 aromatic carbocycles. The molecule has 9 heteroatoms. The molecule has 37 heavy (non-hydrogen) atoms. The van der Waals surface area contributed by atoms with Gasteiger partial charge in [0.1, 0.15) is 0 Å². The van der Waals surface area contributed by atoms with E-state index in [1.165, 1.54) is 10.4 Å². The van der Waals surface area contributed by atoms with Crippen LogP contribution >= 0.6 is 0 Å². The van der Waals surface area contributed by atoms with Gasteiger partial charge >= 0.3 is 17.4 Å². The fourth-order valence-corrected chi connectivity index (χ4v) is 25.1. The second-order valence-electron chi connectivity index (χ2n) is 10.1. The van der Waals surface area contributed by atoms with Crippen LogP contribution in [-0.4, -0.2) is 42.3 Å². The minimum Gasteiger partial charge on any atom is -0.433 e. The lowest BCUT2D eigenvalue weighted by atomic mass is 10.4. The molecule has 0 aliphatic heterocycles. The Labute approximate surface area is 235 Å². The number of hydrogen-bond acceptors (Lipinski definition) is 4. The average Bonchev–Trinajstić information content (AvgIpc) is 2.73. The molecule has 0 fully saturated rings. The highest BCUT2D eigenvalue weighted by atomic mass is 28.5. The maximum Gasteiger partial charge on any atom is 0.468 e. The first-order chi connectivity index (χ1) is 15.2. The van der Waals surface area contributed by atoms with E-state index in [-0.39, 0.29) is 29.7 Å². The standard InChI is InChI=1S/C24H40O4Si5.4CH4/c1-11-29(3,4)25-31(7,8)27-33(10,26-30(5,6)12-2)28-32(9,23-19-15-13-16-20-23)24-21-17-14-18-22-24;;;;/h11-22H,1-2H2,3-10H3;4*1H4. The van der Waals surface area contributed by atoms with E-state index < -0.39 is 42.3 Å². The van der Waals surface area contributed by atoms with E-state index >= 15 is 0 Å². The summed E-state index contributed by atoms with van der Waals surface area (Å²) in [6.45, 7) is 24.9. The molecule has 0 saturated heterocycles. The molecule has 1 unspecified atom stereocenters. The molecule has 212 valence electrons. The summed E-state index contributed by atoms with van der Waals surface area (Å²) in [4.78, 5) is 0. The SMILES string of the molecule is C.C.C.C.C=C[Si](C)(C)O[Si](C)(C)O[Si](C)(O[Si](C)(C)C=C)O[Si](C)(c1ccccc1)c1ccccc1. The first kappa shape index (κ1) is 40.3. The van der Waals surface area contributed by atoms with Gasteiger partial charge in [-0.15, -0.1) is 13.2 Å². The van der Waals surface area contributed by atoms with Crippen molar-refractivity contribution in [2.45, 2.75) is 82.1 Å². The summed E-state index contributed by atoms with van der Waals surface area (Å²) in [6, 6.07) is 20.9. The molecule has 0 heterocycles. The van der Waals surface area contributed by atoms with E-state index in [1.807, 2.05) is 30.1 Å². The van der Waals surface area contributed by atoms with E-state index in [0.717, 1.165) is 0 Å². The fourth-order valence-electron chi connectivity index (χ4n) is 3.89. The monoisotopic (exact) mass is 596 g/mol. The first-order valence-electron chi connectivity index (χ1n) is 11.3. The molecule has 0 aliphatic rings. The third-order valence-electron chi connectivity index (χ3n) is 5.41. The smallest absolute Gasteiger partial charge is 0.433 e. The Balaban J connectivity index is -0.00000289. The molecule has 4 nitrogen and oxygen atoms in total. The topological polar surface area (TPSA) is 36.9 Å². The van der Waals surface area contributed by atoms with Crippen LogP contribution in [0.5, 0.6) is 0 Å². The Hall–Kier alpha value is -1.16. The van der Waals surface area contributed by atoms with Crippen molar-refractivity contribution in [3.8, 4) is 0 Å². The molecule has 0 spiro atoms. The van der Waals surface area contributed by atoms with E-state index in [4.69, 9.17) is 16.5 Å². The van der Waals surface area contributed by atoms with Crippen molar-refractivity contribution in [1.82, 2.24) is 0 Å². The maximum atomic E-state index is 7.18. The third kappa shape index (κ3) is 11.6. The van der Waals surface area contributed by atoms with E-state index in [1.54, 1.807) is 0 Å². The molecule has 2 aromatic rings. The van der Waals surface area contributed by atoms with Gasteiger partial charge < -0.3 is 16.5 Å². The molecule has 0 bridgehead atoms. The summed E-state index contributed by atoms with van der Waals surface area (Å²) in [5.41, 5.74) is 3.88. The normalized spacial score (nSPS) is 13.4. The second-order valence-corrected chi connectivity index (χ2v) is 28.3. The molecule has 0 aliphatic carbocycles. The second kappa shape index (κ2) is 15.4. The van der Waals surface area contributed by atoms with Crippen LogP contribution in [0.15, 0.2) is 85.2 Å². The first-order valence-corrected chi connectivity index (χ1v) is 24.8. The molecule has 1 atom stereocenters. The van der Waals surface area contributed by atoms with E-state index in [2.05, 4.69) is 108 Å². The predicted octanol–water partition coefficient (Wildman–Crippen LogP) is 8.12. The molecule has 0 amide bonds. The van der Waals surface area contributed by atoms with Crippen molar-refractivity contribution in [2.24, 2.45) is 0 Å². The Morgan fingerprint density at radius 2 is 0.865 bits per heavy atom. The average molecular weight is 597 g/mol. The van der Waals surface area contributed by atoms with Crippen LogP contribution in [0.4, 0.5) is 0 Å². The molecule has 0 saturated carbocycles. The van der Waals surface area contributed by atoms with E-state index in [9.17, 15) is 0 Å². The maximum absolute atomic E-state index is 7.18. The number of hydrogen-bond donors (Lipinski definition) is 0. The fraction of sp³-hybridized carbons (Fsp3) is 0.429. The highest BCUT2D eigenvalue weighted by Gasteiger charge is 2.52. The predicted molar refractivity (Wildman–Crippen MR) is 179 cm³/mol. The van der Waals surface area contributed by atoms with Crippen LogP contribution in [0.2, 0.25) is 52.4 Å². The van der Waals surface area contributed by atoms with Crippen molar-refractivity contribution in [2.75, 3.05) is 0 Å². The van der Waals surface area contributed by atoms with Crippen molar-refractivity contribution in [3.05, 3.63) is 85.2 Å². The molecule has 0 aromatic heterocycles. The van der Waals surface area contributed by atoms with Gasteiger partial charge in [0, 0.05) is 6.55 Å². The molecule has 0 N–H and O–H groups in total. The van der Waals surface area contributed by atoms with Gasteiger partial charge in [-0.2, -0.15) is 0 Å². The summed E-state index contributed by atoms with van der Waals surface area (Å²) in [5, 5.41) is 2.36. The highest BCUT2D eigenvalue weighted by molar-refractivity contribution is 7.02. The van der Waals surface area contributed by atoms with Gasteiger partial charge in [0.05, 0.1) is 0 Å². The van der Waals surface area contributed by atoms with Crippen LogP contribution in [0.1, 0.15) is 29.7 Å². The van der Waals surface area contributed by atoms with Gasteiger partial charge in [0.2, 0.25) is 16.6 Å². The summed E-state index contributed by atoms with van der Waals surface area (Å²) in [5.74, 6) is 0. The summed E-state index contributed by atoms with van der Waals surface area (Å²) in [6.07, 6.45) is 0. The largest absolute Gasteiger partial charge is 0.468 e. The summed E-state index contributed by atoms with van der Waals surface area (Å²) in [7, 11) is -12.7. The number of rotatable bonds is 12.